The standard InChI is InChI=1S/C11H11NO2/c1-3-5-9(6-4-2)12-10(13)7-8-11(12)14/h3-8H,1H2,2H3/b6-4-,9-5+. The lowest BCUT2D eigenvalue weighted by Gasteiger charge is -2.14. The van der Waals surface area contributed by atoms with E-state index in [2.05, 4.69) is 6.58 Å². The quantitative estimate of drug-likeness (QED) is 0.499. The van der Waals surface area contributed by atoms with Crippen LogP contribution in [0.2, 0.25) is 0 Å². The van der Waals surface area contributed by atoms with E-state index in [0.29, 0.717) is 5.70 Å². The van der Waals surface area contributed by atoms with Crippen LogP contribution in [0.25, 0.3) is 0 Å². The fourth-order valence-corrected chi connectivity index (χ4v) is 1.15. The van der Waals surface area contributed by atoms with E-state index in [1.807, 2.05) is 6.92 Å². The molecule has 0 radical (unpaired) electrons. The second-order valence-electron chi connectivity index (χ2n) is 2.67. The SMILES string of the molecule is C=C/C=C(\C=C/C)N1C(=O)C=CC1=O. The number of nitrogens with zero attached hydrogens (tertiary/aromatic N) is 1. The predicted octanol–water partition coefficient (Wildman–Crippen LogP) is 1.56. The molecular formula is C11H11NO2. The highest BCUT2D eigenvalue weighted by Crippen LogP contribution is 2.13. The maximum absolute atomic E-state index is 11.3. The van der Waals surface area contributed by atoms with Gasteiger partial charge in [0.25, 0.3) is 11.8 Å². The average Bonchev–Trinajstić information content (AvgIpc) is 2.46. The van der Waals surface area contributed by atoms with Gasteiger partial charge in [0.15, 0.2) is 0 Å². The molecule has 0 aliphatic carbocycles. The van der Waals surface area contributed by atoms with Gasteiger partial charge in [0.1, 0.15) is 0 Å². The Labute approximate surface area is 82.7 Å². The molecule has 0 aromatic rings. The summed E-state index contributed by atoms with van der Waals surface area (Å²) in [5.41, 5.74) is 0.530. The van der Waals surface area contributed by atoms with E-state index in [9.17, 15) is 9.59 Å². The van der Waals surface area contributed by atoms with Crippen LogP contribution in [0.15, 0.2) is 48.7 Å². The van der Waals surface area contributed by atoms with Crippen molar-refractivity contribution in [2.45, 2.75) is 6.92 Å². The van der Waals surface area contributed by atoms with Crippen molar-refractivity contribution >= 4 is 11.8 Å². The number of rotatable bonds is 3. The molecule has 0 saturated heterocycles. The maximum atomic E-state index is 11.3. The van der Waals surface area contributed by atoms with Gasteiger partial charge in [0.05, 0.1) is 5.70 Å². The van der Waals surface area contributed by atoms with E-state index in [0.717, 1.165) is 4.90 Å². The number of hydrogen-bond acceptors (Lipinski definition) is 2. The monoisotopic (exact) mass is 189 g/mol. The second-order valence-corrected chi connectivity index (χ2v) is 2.67. The van der Waals surface area contributed by atoms with Crippen LogP contribution in [0, 0.1) is 0 Å². The van der Waals surface area contributed by atoms with Crippen LogP contribution in [0.4, 0.5) is 0 Å². The van der Waals surface area contributed by atoms with Gasteiger partial charge in [0.2, 0.25) is 0 Å². The third-order valence-corrected chi connectivity index (χ3v) is 1.69. The first-order chi connectivity index (χ1) is 6.70. The Morgan fingerprint density at radius 1 is 1.36 bits per heavy atom. The molecule has 0 fully saturated rings. The number of amides is 2. The molecule has 14 heavy (non-hydrogen) atoms. The minimum Gasteiger partial charge on any atom is -0.269 e. The van der Waals surface area contributed by atoms with Gasteiger partial charge in [-0.05, 0) is 19.1 Å². The van der Waals surface area contributed by atoms with Crippen LogP contribution in [0.5, 0.6) is 0 Å². The summed E-state index contributed by atoms with van der Waals surface area (Å²) in [6, 6.07) is 0. The third-order valence-electron chi connectivity index (χ3n) is 1.69. The van der Waals surface area contributed by atoms with E-state index in [1.165, 1.54) is 18.2 Å². The first kappa shape index (κ1) is 10.2. The van der Waals surface area contributed by atoms with E-state index in [1.54, 1.807) is 18.2 Å². The Hall–Kier alpha value is -1.90. The van der Waals surface area contributed by atoms with Gasteiger partial charge in [-0.2, -0.15) is 0 Å². The van der Waals surface area contributed by atoms with Gasteiger partial charge in [-0.3, -0.25) is 9.59 Å². The molecule has 1 aliphatic heterocycles. The third kappa shape index (κ3) is 1.88. The molecule has 3 heteroatoms. The van der Waals surface area contributed by atoms with Gasteiger partial charge in [-0.15, -0.1) is 0 Å². The number of carbonyl (C=O) groups excluding carboxylic acids is 2. The zero-order valence-electron chi connectivity index (χ0n) is 7.93. The van der Waals surface area contributed by atoms with Gasteiger partial charge in [-0.1, -0.05) is 18.7 Å². The summed E-state index contributed by atoms with van der Waals surface area (Å²) in [5, 5.41) is 0. The average molecular weight is 189 g/mol. The summed E-state index contributed by atoms with van der Waals surface area (Å²) < 4.78 is 0. The van der Waals surface area contributed by atoms with Crippen molar-refractivity contribution in [1.29, 1.82) is 0 Å². The van der Waals surface area contributed by atoms with Gasteiger partial charge < -0.3 is 0 Å². The summed E-state index contributed by atoms with van der Waals surface area (Å²) >= 11 is 0. The van der Waals surface area contributed by atoms with E-state index < -0.39 is 0 Å². The van der Waals surface area contributed by atoms with E-state index in [-0.39, 0.29) is 11.8 Å². The van der Waals surface area contributed by atoms with Crippen molar-refractivity contribution in [2.24, 2.45) is 0 Å². The molecule has 0 bridgehead atoms. The summed E-state index contributed by atoms with van der Waals surface area (Å²) in [6.45, 7) is 5.34. The highest BCUT2D eigenvalue weighted by molar-refractivity contribution is 6.14. The molecule has 1 heterocycles. The van der Waals surface area contributed by atoms with Crippen molar-refractivity contribution in [3.05, 3.63) is 48.7 Å². The molecule has 0 aromatic carbocycles. The molecule has 0 unspecified atom stereocenters. The minimum atomic E-state index is -0.318. The smallest absolute Gasteiger partial charge is 0.258 e. The molecule has 0 saturated carbocycles. The van der Waals surface area contributed by atoms with Gasteiger partial charge in [0, 0.05) is 12.2 Å². The lowest BCUT2D eigenvalue weighted by atomic mass is 10.3. The number of carbonyl (C=O) groups is 2. The molecule has 0 aromatic heterocycles. The normalized spacial score (nSPS) is 17.2. The van der Waals surface area contributed by atoms with Crippen molar-refractivity contribution in [3.63, 3.8) is 0 Å². The lowest BCUT2D eigenvalue weighted by molar-refractivity contribution is -0.134. The van der Waals surface area contributed by atoms with Crippen LogP contribution in [0.1, 0.15) is 6.92 Å². The molecule has 1 aliphatic rings. The largest absolute Gasteiger partial charge is 0.269 e. The second kappa shape index (κ2) is 4.37. The minimum absolute atomic E-state index is 0.318. The molecule has 3 nitrogen and oxygen atoms in total. The molecule has 0 N–H and O–H groups in total. The molecule has 72 valence electrons. The van der Waals surface area contributed by atoms with Crippen molar-refractivity contribution in [2.75, 3.05) is 0 Å². The summed E-state index contributed by atoms with van der Waals surface area (Å²) in [6.07, 6.45) is 9.10. The molecule has 1 rings (SSSR count). The first-order valence-electron chi connectivity index (χ1n) is 4.22. The van der Waals surface area contributed by atoms with Crippen LogP contribution in [0.3, 0.4) is 0 Å². The van der Waals surface area contributed by atoms with E-state index >= 15 is 0 Å². The lowest BCUT2D eigenvalue weighted by Crippen LogP contribution is -2.28. The number of allylic oxidation sites excluding steroid dienone is 4. The zero-order chi connectivity index (χ0) is 10.6. The molecular weight excluding hydrogens is 178 g/mol. The van der Waals surface area contributed by atoms with Crippen LogP contribution < -0.4 is 0 Å². The Morgan fingerprint density at radius 2 is 1.93 bits per heavy atom. The summed E-state index contributed by atoms with van der Waals surface area (Å²) in [5.74, 6) is -0.637. The van der Waals surface area contributed by atoms with Crippen LogP contribution >= 0.6 is 0 Å². The molecule has 2 amide bonds. The summed E-state index contributed by atoms with van der Waals surface area (Å²) in [4.78, 5) is 23.7. The number of imide groups is 1. The fraction of sp³-hybridized carbons (Fsp3) is 0.0909. The summed E-state index contributed by atoms with van der Waals surface area (Å²) in [7, 11) is 0. The topological polar surface area (TPSA) is 37.4 Å². The van der Waals surface area contributed by atoms with E-state index in [4.69, 9.17) is 0 Å². The fourth-order valence-electron chi connectivity index (χ4n) is 1.15. The van der Waals surface area contributed by atoms with Gasteiger partial charge in [-0.25, -0.2) is 4.90 Å². The highest BCUT2D eigenvalue weighted by atomic mass is 16.2. The Morgan fingerprint density at radius 3 is 2.36 bits per heavy atom. The highest BCUT2D eigenvalue weighted by Gasteiger charge is 2.25. The zero-order valence-corrected chi connectivity index (χ0v) is 7.93. The Kier molecular flexibility index (Phi) is 3.18. The predicted molar refractivity (Wildman–Crippen MR) is 54.1 cm³/mol. The van der Waals surface area contributed by atoms with Crippen molar-refractivity contribution < 1.29 is 9.59 Å². The number of hydrogen-bond donors (Lipinski definition) is 0. The van der Waals surface area contributed by atoms with Crippen LogP contribution in [-0.4, -0.2) is 16.7 Å². The van der Waals surface area contributed by atoms with Crippen LogP contribution in [-0.2, 0) is 9.59 Å². The molecule has 0 atom stereocenters. The van der Waals surface area contributed by atoms with Gasteiger partial charge >= 0.3 is 0 Å². The molecule has 0 spiro atoms. The van der Waals surface area contributed by atoms with Crippen molar-refractivity contribution in [3.8, 4) is 0 Å². The first-order valence-corrected chi connectivity index (χ1v) is 4.22. The maximum Gasteiger partial charge on any atom is 0.258 e. The van der Waals surface area contributed by atoms with Crippen molar-refractivity contribution in [1.82, 2.24) is 4.90 Å². The Bertz CT molecular complexity index is 343. The Balaban J connectivity index is 3.01.